The number of fused-ring (bicyclic) bond motifs is 1. The standard InChI is InChI=1S/C20H18N4O3S/c1-11-15-9-13(5-8-16(15)21-19(11)26)17(25)10-28-20-22-18(23-24-20)12-3-6-14(27-2)7-4-12/h3-9,11H,10H2,1-2H3,(H,21,26)(H,22,23,24)/t11-/m0/s1. The highest BCUT2D eigenvalue weighted by Crippen LogP contribution is 2.33. The second kappa shape index (κ2) is 7.47. The van der Waals surface area contributed by atoms with Gasteiger partial charge in [-0.2, -0.15) is 0 Å². The van der Waals surface area contributed by atoms with Crippen LogP contribution in [0.15, 0.2) is 47.6 Å². The number of nitrogens with one attached hydrogen (secondary N) is 2. The predicted octanol–water partition coefficient (Wildman–Crippen LogP) is 3.51. The van der Waals surface area contributed by atoms with Crippen molar-refractivity contribution < 1.29 is 14.3 Å². The van der Waals surface area contributed by atoms with Gasteiger partial charge in [0.05, 0.1) is 18.8 Å². The second-order valence-electron chi connectivity index (χ2n) is 6.42. The Morgan fingerprint density at radius 3 is 2.75 bits per heavy atom. The molecule has 0 fully saturated rings. The Hall–Kier alpha value is -3.13. The number of hydrogen-bond donors (Lipinski definition) is 2. The van der Waals surface area contributed by atoms with Crippen molar-refractivity contribution in [1.82, 2.24) is 15.2 Å². The van der Waals surface area contributed by atoms with Gasteiger partial charge in [-0.05, 0) is 55.0 Å². The fourth-order valence-electron chi connectivity index (χ4n) is 2.99. The number of hydrogen-bond acceptors (Lipinski definition) is 6. The van der Waals surface area contributed by atoms with E-state index < -0.39 is 0 Å². The number of carbonyl (C=O) groups is 2. The van der Waals surface area contributed by atoms with Crippen molar-refractivity contribution in [2.75, 3.05) is 18.2 Å². The Morgan fingerprint density at radius 2 is 2.00 bits per heavy atom. The van der Waals surface area contributed by atoms with E-state index in [1.54, 1.807) is 25.3 Å². The zero-order valence-electron chi connectivity index (χ0n) is 15.4. The molecule has 0 aliphatic carbocycles. The van der Waals surface area contributed by atoms with Gasteiger partial charge in [0.25, 0.3) is 0 Å². The van der Waals surface area contributed by atoms with E-state index in [-0.39, 0.29) is 23.4 Å². The van der Waals surface area contributed by atoms with Crippen LogP contribution < -0.4 is 10.1 Å². The number of methoxy groups -OCH3 is 1. The summed E-state index contributed by atoms with van der Waals surface area (Å²) in [4.78, 5) is 28.7. The maximum Gasteiger partial charge on any atom is 0.231 e. The van der Waals surface area contributed by atoms with Gasteiger partial charge in [0.1, 0.15) is 5.75 Å². The van der Waals surface area contributed by atoms with Crippen LogP contribution in [-0.2, 0) is 4.79 Å². The van der Waals surface area contributed by atoms with Crippen molar-refractivity contribution in [2.45, 2.75) is 18.0 Å². The van der Waals surface area contributed by atoms with Crippen LogP contribution in [-0.4, -0.2) is 39.7 Å². The third kappa shape index (κ3) is 3.50. The number of thioether (sulfide) groups is 1. The molecule has 1 aromatic heterocycles. The molecule has 7 nitrogen and oxygen atoms in total. The zero-order valence-corrected chi connectivity index (χ0v) is 16.2. The first kappa shape index (κ1) is 18.2. The Labute approximate surface area is 165 Å². The first-order valence-corrected chi connectivity index (χ1v) is 9.71. The van der Waals surface area contributed by atoms with Crippen LogP contribution in [0, 0.1) is 0 Å². The number of rotatable bonds is 6. The molecule has 0 radical (unpaired) electrons. The van der Waals surface area contributed by atoms with Gasteiger partial charge >= 0.3 is 0 Å². The largest absolute Gasteiger partial charge is 0.497 e. The highest BCUT2D eigenvalue weighted by Gasteiger charge is 2.27. The van der Waals surface area contributed by atoms with E-state index in [0.717, 1.165) is 22.6 Å². The molecule has 4 rings (SSSR count). The van der Waals surface area contributed by atoms with Crippen molar-refractivity contribution >= 4 is 29.1 Å². The summed E-state index contributed by atoms with van der Waals surface area (Å²) in [6.07, 6.45) is 0. The van der Waals surface area contributed by atoms with Crippen LogP contribution in [0.4, 0.5) is 5.69 Å². The Kier molecular flexibility index (Phi) is 4.87. The average molecular weight is 394 g/mol. The number of aromatic nitrogens is 3. The number of ether oxygens (including phenoxy) is 1. The fourth-order valence-corrected chi connectivity index (χ4v) is 3.69. The van der Waals surface area contributed by atoms with Crippen LogP contribution in [0.1, 0.15) is 28.8 Å². The van der Waals surface area contributed by atoms with Crippen molar-refractivity contribution in [3.63, 3.8) is 0 Å². The van der Waals surface area contributed by atoms with E-state index >= 15 is 0 Å². The molecule has 0 unspecified atom stereocenters. The summed E-state index contributed by atoms with van der Waals surface area (Å²) in [6.45, 7) is 1.83. The molecular formula is C20H18N4O3S. The number of Topliss-reactive ketones (excluding diaryl/α,β-unsaturated/α-hetero) is 1. The van der Waals surface area contributed by atoms with E-state index in [2.05, 4.69) is 20.5 Å². The highest BCUT2D eigenvalue weighted by atomic mass is 32.2. The van der Waals surface area contributed by atoms with Crippen molar-refractivity contribution in [3.8, 4) is 17.1 Å². The number of aromatic amines is 1. The summed E-state index contributed by atoms with van der Waals surface area (Å²) in [6, 6.07) is 12.8. The number of nitrogens with zero attached hydrogens (tertiary/aromatic N) is 2. The van der Waals surface area contributed by atoms with E-state index in [4.69, 9.17) is 4.74 Å². The van der Waals surface area contributed by atoms with Crippen molar-refractivity contribution in [2.24, 2.45) is 0 Å². The summed E-state index contributed by atoms with van der Waals surface area (Å²) < 4.78 is 5.15. The minimum atomic E-state index is -0.240. The number of anilines is 1. The Bertz CT molecular complexity index is 1050. The Morgan fingerprint density at radius 1 is 1.21 bits per heavy atom. The van der Waals surface area contributed by atoms with Gasteiger partial charge in [-0.1, -0.05) is 11.8 Å². The molecule has 8 heteroatoms. The lowest BCUT2D eigenvalue weighted by molar-refractivity contribution is -0.116. The molecule has 0 saturated carbocycles. The summed E-state index contributed by atoms with van der Waals surface area (Å²) in [5, 5.41) is 10.4. The van der Waals surface area contributed by atoms with Gasteiger partial charge in [-0.25, -0.2) is 4.98 Å². The number of ketones is 1. The van der Waals surface area contributed by atoms with Crippen molar-refractivity contribution in [3.05, 3.63) is 53.6 Å². The molecule has 2 aromatic carbocycles. The third-order valence-electron chi connectivity index (χ3n) is 4.65. The lowest BCUT2D eigenvalue weighted by Gasteiger charge is -2.04. The smallest absolute Gasteiger partial charge is 0.231 e. The summed E-state index contributed by atoms with van der Waals surface area (Å²) >= 11 is 1.27. The molecule has 2 heterocycles. The summed E-state index contributed by atoms with van der Waals surface area (Å²) in [5.41, 5.74) is 3.11. The topological polar surface area (TPSA) is 97.0 Å². The zero-order chi connectivity index (χ0) is 19.7. The first-order valence-electron chi connectivity index (χ1n) is 8.73. The van der Waals surface area contributed by atoms with E-state index in [1.807, 2.05) is 31.2 Å². The van der Waals surface area contributed by atoms with Crippen LogP contribution in [0.5, 0.6) is 5.75 Å². The Balaban J connectivity index is 1.42. The highest BCUT2D eigenvalue weighted by molar-refractivity contribution is 7.99. The van der Waals surface area contributed by atoms with Crippen molar-refractivity contribution in [1.29, 1.82) is 0 Å². The SMILES string of the molecule is COc1ccc(-c2nc(SCC(=O)c3ccc4c(c3)[C@H](C)C(=O)N4)n[nH]2)cc1. The third-order valence-corrected chi connectivity index (χ3v) is 5.50. The maximum absolute atomic E-state index is 12.5. The molecule has 3 aromatic rings. The monoisotopic (exact) mass is 394 g/mol. The number of amides is 1. The quantitative estimate of drug-likeness (QED) is 0.491. The van der Waals surface area contributed by atoms with Crippen LogP contribution in [0.2, 0.25) is 0 Å². The van der Waals surface area contributed by atoms with Gasteiger partial charge in [0, 0.05) is 16.8 Å². The molecule has 2 N–H and O–H groups in total. The summed E-state index contributed by atoms with van der Waals surface area (Å²) in [7, 11) is 1.62. The van der Waals surface area contributed by atoms with Gasteiger partial charge in [0.15, 0.2) is 11.6 Å². The summed E-state index contributed by atoms with van der Waals surface area (Å²) in [5.74, 6) is 1.30. The lowest BCUT2D eigenvalue weighted by Crippen LogP contribution is -2.08. The molecule has 0 spiro atoms. The number of carbonyl (C=O) groups excluding carboxylic acids is 2. The van der Waals surface area contributed by atoms with E-state index in [0.29, 0.717) is 16.5 Å². The minimum Gasteiger partial charge on any atom is -0.497 e. The van der Waals surface area contributed by atoms with Crippen LogP contribution >= 0.6 is 11.8 Å². The number of benzene rings is 2. The molecule has 0 bridgehead atoms. The number of H-pyrrole nitrogens is 1. The first-order chi connectivity index (χ1) is 13.5. The molecule has 0 saturated heterocycles. The predicted molar refractivity (Wildman–Crippen MR) is 107 cm³/mol. The lowest BCUT2D eigenvalue weighted by atomic mass is 9.99. The molecule has 1 amide bonds. The molecule has 142 valence electrons. The van der Waals surface area contributed by atoms with Gasteiger partial charge < -0.3 is 10.1 Å². The van der Waals surface area contributed by atoms with E-state index in [1.165, 1.54) is 11.8 Å². The van der Waals surface area contributed by atoms with Gasteiger partial charge in [0.2, 0.25) is 11.1 Å². The van der Waals surface area contributed by atoms with Crippen LogP contribution in [0.25, 0.3) is 11.4 Å². The molecule has 1 atom stereocenters. The molecule has 1 aliphatic heterocycles. The van der Waals surface area contributed by atoms with E-state index in [9.17, 15) is 9.59 Å². The average Bonchev–Trinajstić information content (AvgIpc) is 3.31. The maximum atomic E-state index is 12.5. The van der Waals surface area contributed by atoms with Gasteiger partial charge in [-0.3, -0.25) is 14.7 Å². The van der Waals surface area contributed by atoms with Gasteiger partial charge in [-0.15, -0.1) is 5.10 Å². The fraction of sp³-hybridized carbons (Fsp3) is 0.200. The second-order valence-corrected chi connectivity index (χ2v) is 7.36. The molecular weight excluding hydrogens is 376 g/mol. The molecule has 1 aliphatic rings. The van der Waals surface area contributed by atoms with Crippen LogP contribution in [0.3, 0.4) is 0 Å². The molecule has 28 heavy (non-hydrogen) atoms. The minimum absolute atomic E-state index is 0.0323. The normalized spacial score (nSPS) is 15.2.